The summed E-state index contributed by atoms with van der Waals surface area (Å²) in [6, 6.07) is 16.9. The van der Waals surface area contributed by atoms with E-state index in [0.717, 1.165) is 5.56 Å². The zero-order valence-corrected chi connectivity index (χ0v) is 16.6. The minimum Gasteiger partial charge on any atom is -0.465 e. The smallest absolute Gasteiger partial charge is 0.340 e. The average molecular weight is 410 g/mol. The van der Waals surface area contributed by atoms with E-state index >= 15 is 0 Å². The number of rotatable bonds is 3. The van der Waals surface area contributed by atoms with Gasteiger partial charge in [-0.15, -0.1) is 0 Å². The average Bonchev–Trinajstić information content (AvgIpc) is 2.73. The van der Waals surface area contributed by atoms with Crippen LogP contribution in [0.1, 0.15) is 35.8 Å². The monoisotopic (exact) mass is 409 g/mol. The molecule has 29 heavy (non-hydrogen) atoms. The summed E-state index contributed by atoms with van der Waals surface area (Å²) in [5.41, 5.74) is 8.36. The molecular weight excluding hydrogens is 390 g/mol. The number of ether oxygens (including phenoxy) is 2. The highest BCUT2D eigenvalue weighted by Gasteiger charge is 2.43. The third-order valence-electron chi connectivity index (χ3n) is 5.43. The van der Waals surface area contributed by atoms with E-state index in [9.17, 15) is 9.59 Å². The molecule has 0 unspecified atom stereocenters. The quantitative estimate of drug-likeness (QED) is 0.768. The zero-order valence-electron chi connectivity index (χ0n) is 15.9. The molecule has 0 saturated carbocycles. The second-order valence-electron chi connectivity index (χ2n) is 7.10. The molecule has 1 heterocycles. The molecule has 5 nitrogen and oxygen atoms in total. The van der Waals surface area contributed by atoms with Crippen LogP contribution < -0.4 is 5.73 Å². The Morgan fingerprint density at radius 1 is 1.10 bits per heavy atom. The van der Waals surface area contributed by atoms with E-state index < -0.39 is 11.9 Å². The second-order valence-corrected chi connectivity index (χ2v) is 7.51. The van der Waals surface area contributed by atoms with Gasteiger partial charge in [-0.25, -0.2) is 4.79 Å². The molecule has 0 spiro atoms. The Kier molecular flexibility index (Phi) is 5.16. The third kappa shape index (κ3) is 3.42. The number of nitrogens with two attached hydrogens (primary N) is 1. The van der Waals surface area contributed by atoms with Gasteiger partial charge >= 0.3 is 5.97 Å². The molecule has 2 aromatic rings. The molecular formula is C23H20ClNO4. The van der Waals surface area contributed by atoms with Crippen LogP contribution in [0.2, 0.25) is 5.02 Å². The molecule has 0 amide bonds. The topological polar surface area (TPSA) is 78.6 Å². The van der Waals surface area contributed by atoms with Crippen LogP contribution in [0.25, 0.3) is 0 Å². The number of allylic oxidation sites excluding steroid dienone is 2. The number of esters is 1. The molecule has 0 bridgehead atoms. The highest BCUT2D eigenvalue weighted by molar-refractivity contribution is 6.31. The highest BCUT2D eigenvalue weighted by Crippen LogP contribution is 2.48. The maximum absolute atomic E-state index is 13.3. The number of hydrogen-bond donors (Lipinski definition) is 1. The van der Waals surface area contributed by atoms with E-state index in [0.29, 0.717) is 34.8 Å². The van der Waals surface area contributed by atoms with Crippen LogP contribution in [0, 0.1) is 0 Å². The fourth-order valence-corrected chi connectivity index (χ4v) is 4.34. The standard InChI is InChI=1S/C23H20ClNO4/c1-28-23(27)21-19(15-9-5-6-10-16(15)24)20-17(26)11-14(12-18(20)29-22(21)25)13-7-3-2-4-8-13/h2-10,14,19H,11-12,25H2,1H3/t14-,19-/m1/s1. The summed E-state index contributed by atoms with van der Waals surface area (Å²) in [5.74, 6) is -1.02. The van der Waals surface area contributed by atoms with E-state index in [2.05, 4.69) is 0 Å². The second kappa shape index (κ2) is 7.76. The van der Waals surface area contributed by atoms with Crippen LogP contribution in [0.5, 0.6) is 0 Å². The summed E-state index contributed by atoms with van der Waals surface area (Å²) in [5, 5.41) is 0.443. The lowest BCUT2D eigenvalue weighted by Gasteiger charge is -2.35. The number of Topliss-reactive ketones (excluding diaryl/α,β-unsaturated/α-hetero) is 1. The maximum atomic E-state index is 13.3. The molecule has 4 rings (SSSR count). The molecule has 0 aromatic heterocycles. The van der Waals surface area contributed by atoms with Gasteiger partial charge in [-0.2, -0.15) is 0 Å². The minimum atomic E-state index is -0.718. The first-order valence-electron chi connectivity index (χ1n) is 9.32. The lowest BCUT2D eigenvalue weighted by molar-refractivity contribution is -0.136. The van der Waals surface area contributed by atoms with Gasteiger partial charge in [-0.1, -0.05) is 60.1 Å². The van der Waals surface area contributed by atoms with Gasteiger partial charge in [-0.05, 0) is 23.1 Å². The number of benzene rings is 2. The molecule has 0 saturated heterocycles. The first kappa shape index (κ1) is 19.3. The fraction of sp³-hybridized carbons (Fsp3) is 0.217. The fourth-order valence-electron chi connectivity index (χ4n) is 4.10. The molecule has 0 radical (unpaired) electrons. The number of halogens is 1. The highest BCUT2D eigenvalue weighted by atomic mass is 35.5. The predicted octanol–water partition coefficient (Wildman–Crippen LogP) is 4.20. The van der Waals surface area contributed by atoms with Gasteiger partial charge in [0.05, 0.1) is 13.0 Å². The van der Waals surface area contributed by atoms with E-state index in [4.69, 9.17) is 26.8 Å². The largest absolute Gasteiger partial charge is 0.465 e. The summed E-state index contributed by atoms with van der Waals surface area (Å²) < 4.78 is 10.7. The van der Waals surface area contributed by atoms with Crippen LogP contribution in [0.15, 0.2) is 77.4 Å². The van der Waals surface area contributed by atoms with Crippen LogP contribution in [-0.2, 0) is 19.1 Å². The Balaban J connectivity index is 1.84. The summed E-state index contributed by atoms with van der Waals surface area (Å²) in [6.45, 7) is 0. The van der Waals surface area contributed by atoms with Crippen molar-refractivity contribution in [3.8, 4) is 0 Å². The number of hydrogen-bond acceptors (Lipinski definition) is 5. The molecule has 6 heteroatoms. The Hall–Kier alpha value is -3.05. The molecule has 1 aliphatic carbocycles. The van der Waals surface area contributed by atoms with Gasteiger partial charge in [0.1, 0.15) is 11.3 Å². The van der Waals surface area contributed by atoms with Crippen molar-refractivity contribution in [1.82, 2.24) is 0 Å². The van der Waals surface area contributed by atoms with E-state index in [1.165, 1.54) is 7.11 Å². The molecule has 148 valence electrons. The van der Waals surface area contributed by atoms with Crippen molar-refractivity contribution in [2.24, 2.45) is 5.73 Å². The predicted molar refractivity (Wildman–Crippen MR) is 109 cm³/mol. The van der Waals surface area contributed by atoms with E-state index in [1.807, 2.05) is 36.4 Å². The van der Waals surface area contributed by atoms with Crippen molar-refractivity contribution in [3.63, 3.8) is 0 Å². The van der Waals surface area contributed by atoms with Gasteiger partial charge < -0.3 is 15.2 Å². The summed E-state index contributed by atoms with van der Waals surface area (Å²) >= 11 is 6.43. The Morgan fingerprint density at radius 2 is 1.79 bits per heavy atom. The maximum Gasteiger partial charge on any atom is 0.340 e. The van der Waals surface area contributed by atoms with Gasteiger partial charge in [-0.3, -0.25) is 4.79 Å². The van der Waals surface area contributed by atoms with Gasteiger partial charge in [0.15, 0.2) is 5.78 Å². The van der Waals surface area contributed by atoms with Crippen LogP contribution in [-0.4, -0.2) is 18.9 Å². The Labute approximate surface area is 173 Å². The summed E-state index contributed by atoms with van der Waals surface area (Å²) in [7, 11) is 1.27. The Morgan fingerprint density at radius 3 is 2.48 bits per heavy atom. The van der Waals surface area contributed by atoms with Crippen molar-refractivity contribution in [2.45, 2.75) is 24.7 Å². The number of ketones is 1. The lowest BCUT2D eigenvalue weighted by Crippen LogP contribution is -2.33. The number of carbonyl (C=O) groups excluding carboxylic acids is 2. The SMILES string of the molecule is COC(=O)C1=C(N)OC2=C(C(=O)C[C@@H](c3ccccc3)C2)[C@H]1c1ccccc1Cl. The number of methoxy groups -OCH3 is 1. The molecule has 2 aromatic carbocycles. The van der Waals surface area contributed by atoms with Crippen LogP contribution >= 0.6 is 11.6 Å². The van der Waals surface area contributed by atoms with Crippen LogP contribution in [0.4, 0.5) is 0 Å². The lowest BCUT2D eigenvalue weighted by atomic mass is 9.73. The zero-order chi connectivity index (χ0) is 20.5. The van der Waals surface area contributed by atoms with E-state index in [-0.39, 0.29) is 23.2 Å². The third-order valence-corrected chi connectivity index (χ3v) is 5.78. The molecule has 2 aliphatic rings. The van der Waals surface area contributed by atoms with Crippen LogP contribution in [0.3, 0.4) is 0 Å². The molecule has 2 N–H and O–H groups in total. The van der Waals surface area contributed by atoms with Crippen molar-refractivity contribution < 1.29 is 19.1 Å². The van der Waals surface area contributed by atoms with Gasteiger partial charge in [0.25, 0.3) is 0 Å². The first-order valence-corrected chi connectivity index (χ1v) is 9.70. The van der Waals surface area contributed by atoms with Crippen molar-refractivity contribution in [3.05, 3.63) is 93.5 Å². The Bertz CT molecular complexity index is 1040. The van der Waals surface area contributed by atoms with Gasteiger partial charge in [0, 0.05) is 23.4 Å². The van der Waals surface area contributed by atoms with Crippen molar-refractivity contribution in [1.29, 1.82) is 0 Å². The first-order chi connectivity index (χ1) is 14.0. The molecule has 0 fully saturated rings. The normalized spacial score (nSPS) is 21.5. The van der Waals surface area contributed by atoms with Crippen molar-refractivity contribution in [2.75, 3.05) is 7.11 Å². The summed E-state index contributed by atoms with van der Waals surface area (Å²) in [4.78, 5) is 25.8. The van der Waals surface area contributed by atoms with E-state index in [1.54, 1.807) is 18.2 Å². The van der Waals surface area contributed by atoms with Crippen molar-refractivity contribution >= 4 is 23.4 Å². The minimum absolute atomic E-state index is 0.0122. The number of carbonyl (C=O) groups is 2. The summed E-state index contributed by atoms with van der Waals surface area (Å²) in [6.07, 6.45) is 0.836. The molecule has 2 atom stereocenters. The van der Waals surface area contributed by atoms with Gasteiger partial charge in [0.2, 0.25) is 5.88 Å². The molecule has 1 aliphatic heterocycles.